The monoisotopic (exact) mass is 314 g/mol. The standard InChI is InChI=1S/C17H9F3N2O/c18-15-6-14(7-16(19)17(15)20)23-10-13-4-2-1-3-12(13)5-11(8-21)9-22/h1-7H,10H2. The van der Waals surface area contributed by atoms with Crippen molar-refractivity contribution in [3.05, 3.63) is 70.5 Å². The van der Waals surface area contributed by atoms with Gasteiger partial charge in [0.1, 0.15) is 30.1 Å². The van der Waals surface area contributed by atoms with Gasteiger partial charge in [-0.25, -0.2) is 13.2 Å². The molecule has 0 N–H and O–H groups in total. The number of ether oxygens (including phenoxy) is 1. The predicted molar refractivity (Wildman–Crippen MR) is 76.3 cm³/mol. The Morgan fingerprint density at radius 3 is 2.26 bits per heavy atom. The van der Waals surface area contributed by atoms with E-state index in [1.54, 1.807) is 36.4 Å². The van der Waals surface area contributed by atoms with Gasteiger partial charge in [0, 0.05) is 12.1 Å². The summed E-state index contributed by atoms with van der Waals surface area (Å²) in [5.41, 5.74) is 1.07. The average molecular weight is 314 g/mol. The van der Waals surface area contributed by atoms with Crippen LogP contribution in [0.3, 0.4) is 0 Å². The molecule has 0 heterocycles. The molecular weight excluding hydrogens is 305 g/mol. The molecule has 0 unspecified atom stereocenters. The molecule has 0 saturated heterocycles. The Bertz CT molecular complexity index is 809. The second kappa shape index (κ2) is 7.15. The summed E-state index contributed by atoms with van der Waals surface area (Å²) in [6.45, 7) is -0.0681. The first-order valence-corrected chi connectivity index (χ1v) is 6.42. The number of hydrogen-bond acceptors (Lipinski definition) is 3. The van der Waals surface area contributed by atoms with E-state index in [9.17, 15) is 13.2 Å². The molecule has 6 heteroatoms. The van der Waals surface area contributed by atoms with Crippen LogP contribution >= 0.6 is 0 Å². The normalized spacial score (nSPS) is 9.61. The quantitative estimate of drug-likeness (QED) is 0.630. The van der Waals surface area contributed by atoms with Crippen molar-refractivity contribution in [2.75, 3.05) is 0 Å². The topological polar surface area (TPSA) is 56.8 Å². The molecule has 23 heavy (non-hydrogen) atoms. The lowest BCUT2D eigenvalue weighted by molar-refractivity contribution is 0.299. The number of halogens is 3. The van der Waals surface area contributed by atoms with E-state index >= 15 is 0 Å². The predicted octanol–water partition coefficient (Wildman–Crippen LogP) is 4.11. The highest BCUT2D eigenvalue weighted by atomic mass is 19.2. The van der Waals surface area contributed by atoms with E-state index in [1.807, 2.05) is 0 Å². The zero-order chi connectivity index (χ0) is 16.8. The fourth-order valence-electron chi connectivity index (χ4n) is 1.83. The van der Waals surface area contributed by atoms with E-state index in [2.05, 4.69) is 0 Å². The Hall–Kier alpha value is -3.25. The molecule has 0 saturated carbocycles. The molecule has 2 aromatic rings. The van der Waals surface area contributed by atoms with Crippen LogP contribution in [-0.4, -0.2) is 0 Å². The number of nitrogens with zero attached hydrogens (tertiary/aromatic N) is 2. The van der Waals surface area contributed by atoms with Crippen molar-refractivity contribution in [1.82, 2.24) is 0 Å². The van der Waals surface area contributed by atoms with E-state index in [0.717, 1.165) is 12.1 Å². The van der Waals surface area contributed by atoms with Crippen LogP contribution in [0.1, 0.15) is 11.1 Å². The highest BCUT2D eigenvalue weighted by Gasteiger charge is 2.11. The third-order valence-electron chi connectivity index (χ3n) is 2.95. The van der Waals surface area contributed by atoms with Gasteiger partial charge >= 0.3 is 0 Å². The zero-order valence-corrected chi connectivity index (χ0v) is 11.7. The van der Waals surface area contributed by atoms with Gasteiger partial charge in [0.25, 0.3) is 0 Å². The van der Waals surface area contributed by atoms with Crippen LogP contribution in [0, 0.1) is 40.1 Å². The van der Waals surface area contributed by atoms with Gasteiger partial charge in [-0.05, 0) is 17.2 Å². The van der Waals surface area contributed by atoms with Gasteiger partial charge in [0.2, 0.25) is 0 Å². The van der Waals surface area contributed by atoms with E-state index in [-0.39, 0.29) is 17.9 Å². The minimum absolute atomic E-state index is 0.0681. The summed E-state index contributed by atoms with van der Waals surface area (Å²) in [7, 11) is 0. The second-order valence-electron chi connectivity index (χ2n) is 4.47. The van der Waals surface area contributed by atoms with Gasteiger partial charge in [-0.3, -0.25) is 0 Å². The first-order valence-electron chi connectivity index (χ1n) is 6.42. The smallest absolute Gasteiger partial charge is 0.194 e. The first kappa shape index (κ1) is 16.1. The van der Waals surface area contributed by atoms with Gasteiger partial charge in [0.15, 0.2) is 17.5 Å². The molecule has 2 aromatic carbocycles. The van der Waals surface area contributed by atoms with E-state index in [1.165, 1.54) is 6.08 Å². The highest BCUT2D eigenvalue weighted by Crippen LogP contribution is 2.21. The minimum atomic E-state index is -1.56. The molecular formula is C17H9F3N2O. The van der Waals surface area contributed by atoms with Crippen LogP contribution in [0.2, 0.25) is 0 Å². The molecule has 0 aliphatic heterocycles. The van der Waals surface area contributed by atoms with Gasteiger partial charge in [-0.1, -0.05) is 24.3 Å². The summed E-state index contributed by atoms with van der Waals surface area (Å²) >= 11 is 0. The van der Waals surface area contributed by atoms with Crippen LogP contribution in [0.25, 0.3) is 6.08 Å². The van der Waals surface area contributed by atoms with Crippen molar-refractivity contribution in [3.63, 3.8) is 0 Å². The number of benzene rings is 2. The summed E-state index contributed by atoms with van der Waals surface area (Å²) < 4.78 is 44.4. The number of nitriles is 2. The van der Waals surface area contributed by atoms with Crippen molar-refractivity contribution in [2.45, 2.75) is 6.61 Å². The molecule has 0 atom stereocenters. The number of allylic oxidation sites excluding steroid dienone is 1. The van der Waals surface area contributed by atoms with E-state index in [4.69, 9.17) is 15.3 Å². The molecule has 0 fully saturated rings. The summed E-state index contributed by atoms with van der Waals surface area (Å²) in [6, 6.07) is 11.7. The molecule has 114 valence electrons. The fourth-order valence-corrected chi connectivity index (χ4v) is 1.83. The lowest BCUT2D eigenvalue weighted by atomic mass is 10.1. The first-order chi connectivity index (χ1) is 11.0. The maximum Gasteiger partial charge on any atom is 0.194 e. The zero-order valence-electron chi connectivity index (χ0n) is 11.7. The molecule has 0 amide bonds. The third kappa shape index (κ3) is 3.90. The van der Waals surface area contributed by atoms with Gasteiger partial charge < -0.3 is 4.74 Å². The Balaban J connectivity index is 2.24. The molecule has 0 bridgehead atoms. The van der Waals surface area contributed by atoms with E-state index < -0.39 is 17.5 Å². The molecule has 0 spiro atoms. The molecule has 0 radical (unpaired) electrons. The Kier molecular flexibility index (Phi) is 5.01. The maximum atomic E-state index is 13.1. The van der Waals surface area contributed by atoms with Crippen LogP contribution in [0.4, 0.5) is 13.2 Å². The van der Waals surface area contributed by atoms with Crippen molar-refractivity contribution in [2.24, 2.45) is 0 Å². The molecule has 2 rings (SSSR count). The van der Waals surface area contributed by atoms with Crippen molar-refractivity contribution in [1.29, 1.82) is 10.5 Å². The molecule has 0 aliphatic carbocycles. The number of rotatable bonds is 4. The van der Waals surface area contributed by atoms with Crippen molar-refractivity contribution >= 4 is 6.08 Å². The van der Waals surface area contributed by atoms with Crippen LogP contribution in [0.5, 0.6) is 5.75 Å². The molecule has 0 aliphatic rings. The minimum Gasteiger partial charge on any atom is -0.489 e. The lowest BCUT2D eigenvalue weighted by Crippen LogP contribution is -2.00. The van der Waals surface area contributed by atoms with E-state index in [0.29, 0.717) is 11.1 Å². The Labute approximate surface area is 130 Å². The van der Waals surface area contributed by atoms with Gasteiger partial charge in [-0.15, -0.1) is 0 Å². The summed E-state index contributed by atoms with van der Waals surface area (Å²) in [6.07, 6.45) is 1.38. The summed E-state index contributed by atoms with van der Waals surface area (Å²) in [5.74, 6) is -4.41. The SMILES string of the molecule is N#CC(C#N)=Cc1ccccc1COc1cc(F)c(F)c(F)c1. The summed E-state index contributed by atoms with van der Waals surface area (Å²) in [5, 5.41) is 17.6. The second-order valence-corrected chi connectivity index (χ2v) is 4.47. The Morgan fingerprint density at radius 1 is 1.04 bits per heavy atom. The molecule has 3 nitrogen and oxygen atoms in total. The van der Waals surface area contributed by atoms with Crippen LogP contribution < -0.4 is 4.74 Å². The average Bonchev–Trinajstić information content (AvgIpc) is 2.56. The number of hydrogen-bond donors (Lipinski definition) is 0. The van der Waals surface area contributed by atoms with Crippen LogP contribution in [-0.2, 0) is 6.61 Å². The van der Waals surface area contributed by atoms with Crippen molar-refractivity contribution in [3.8, 4) is 17.9 Å². The fraction of sp³-hybridized carbons (Fsp3) is 0.0588. The van der Waals surface area contributed by atoms with Crippen molar-refractivity contribution < 1.29 is 17.9 Å². The highest BCUT2D eigenvalue weighted by molar-refractivity contribution is 5.64. The van der Waals surface area contributed by atoms with Gasteiger partial charge in [0.05, 0.1) is 0 Å². The van der Waals surface area contributed by atoms with Crippen LogP contribution in [0.15, 0.2) is 42.0 Å². The molecule has 0 aromatic heterocycles. The summed E-state index contributed by atoms with van der Waals surface area (Å²) in [4.78, 5) is 0. The third-order valence-corrected chi connectivity index (χ3v) is 2.95. The largest absolute Gasteiger partial charge is 0.489 e. The lowest BCUT2D eigenvalue weighted by Gasteiger charge is -2.09. The maximum absolute atomic E-state index is 13.1. The Morgan fingerprint density at radius 2 is 1.65 bits per heavy atom. The van der Waals surface area contributed by atoms with Gasteiger partial charge in [-0.2, -0.15) is 10.5 Å².